The molecule has 6 aromatic carbocycles. The number of hydrogen-bond acceptors (Lipinski definition) is 0. The summed E-state index contributed by atoms with van der Waals surface area (Å²) in [4.78, 5) is 0. The summed E-state index contributed by atoms with van der Waals surface area (Å²) in [5, 5.41) is 4.85. The van der Waals surface area contributed by atoms with E-state index in [0.29, 0.717) is 5.56 Å². The fraction of sp³-hybridized carbons (Fsp3) is 0.0698. The molecule has 0 bridgehead atoms. The van der Waals surface area contributed by atoms with Crippen molar-refractivity contribution in [3.63, 3.8) is 0 Å². The van der Waals surface area contributed by atoms with Crippen molar-refractivity contribution >= 4 is 78.1 Å². The number of para-hydroxylation sites is 3. The molecule has 1 aliphatic carbocycles. The van der Waals surface area contributed by atoms with E-state index in [9.17, 15) is 1.37 Å². The Morgan fingerprint density at radius 3 is 2.04 bits per heavy atom. The van der Waals surface area contributed by atoms with E-state index in [4.69, 9.17) is 4.11 Å². The highest BCUT2D eigenvalue weighted by Gasteiger charge is 2.52. The van der Waals surface area contributed by atoms with Gasteiger partial charge in [-0.1, -0.05) is 134 Å². The Balaban J connectivity index is 1.42. The van der Waals surface area contributed by atoms with Crippen molar-refractivity contribution in [2.75, 3.05) is 0 Å². The first-order chi connectivity index (χ1) is 24.3. The Morgan fingerprint density at radius 2 is 1.26 bits per heavy atom. The molecule has 3 heteroatoms. The molecule has 214 valence electrons. The van der Waals surface area contributed by atoms with Gasteiger partial charge in [-0.05, 0) is 51.9 Å². The van der Waals surface area contributed by atoms with Crippen LogP contribution in [0.3, 0.4) is 0 Å². The lowest BCUT2D eigenvalue weighted by Crippen LogP contribution is -2.54. The van der Waals surface area contributed by atoms with Gasteiger partial charge in [0.05, 0.1) is 27.5 Å². The number of benzene rings is 6. The molecular formula is C43H29BN2. The minimum Gasteiger partial charge on any atom is -0.310 e. The van der Waals surface area contributed by atoms with Gasteiger partial charge in [0, 0.05) is 43.9 Å². The van der Waals surface area contributed by atoms with Crippen LogP contribution in [0.15, 0.2) is 145 Å². The summed E-state index contributed by atoms with van der Waals surface area (Å²) in [6, 6.07) is 40.2. The summed E-state index contributed by atoms with van der Waals surface area (Å²) >= 11 is 0. The Bertz CT molecular complexity index is 2950. The molecule has 0 saturated carbocycles. The SMILES string of the molecule is [2H]c1cc(C2=C(c3ccccc3)C(C)(C)C3=C2n2c4ccccc4c4cc5c6ccccc6n6c5c(c42)B3c2ccccc2-6)c([2H])c([2H])c1[2H]. The fourth-order valence-electron chi connectivity index (χ4n) is 9.27. The predicted octanol–water partition coefficient (Wildman–Crippen LogP) is 9.23. The van der Waals surface area contributed by atoms with Crippen molar-refractivity contribution in [3.05, 3.63) is 156 Å². The van der Waals surface area contributed by atoms with E-state index >= 15 is 0 Å². The van der Waals surface area contributed by atoms with E-state index in [2.05, 4.69) is 126 Å². The van der Waals surface area contributed by atoms with Crippen LogP contribution in [0.25, 0.3) is 66.1 Å². The summed E-state index contributed by atoms with van der Waals surface area (Å²) in [5.74, 6) is 0. The quantitative estimate of drug-likeness (QED) is 0.178. The van der Waals surface area contributed by atoms with Crippen molar-refractivity contribution in [2.24, 2.45) is 5.41 Å². The van der Waals surface area contributed by atoms with Gasteiger partial charge in [0.15, 0.2) is 0 Å². The molecule has 0 amide bonds. The second kappa shape index (κ2) is 8.38. The third-order valence-corrected chi connectivity index (χ3v) is 10.8. The van der Waals surface area contributed by atoms with Crippen molar-refractivity contribution in [3.8, 4) is 5.69 Å². The molecule has 0 radical (unpaired) electrons. The van der Waals surface area contributed by atoms with Crippen molar-refractivity contribution in [1.29, 1.82) is 0 Å². The second-order valence-corrected chi connectivity index (χ2v) is 13.4. The lowest BCUT2D eigenvalue weighted by Gasteiger charge is -2.38. The van der Waals surface area contributed by atoms with Crippen LogP contribution in [0.1, 0.15) is 30.5 Å². The molecule has 11 rings (SSSR count). The second-order valence-electron chi connectivity index (χ2n) is 13.4. The normalized spacial score (nSPS) is 17.2. The first-order valence-electron chi connectivity index (χ1n) is 18.0. The summed E-state index contributed by atoms with van der Waals surface area (Å²) in [6.45, 7) is 4.54. The summed E-state index contributed by atoms with van der Waals surface area (Å²) in [6.07, 6.45) is 0. The van der Waals surface area contributed by atoms with E-state index in [0.717, 1.165) is 27.9 Å². The molecule has 2 aromatic heterocycles. The predicted molar refractivity (Wildman–Crippen MR) is 195 cm³/mol. The number of fused-ring (bicyclic) bond motifs is 11. The van der Waals surface area contributed by atoms with Crippen LogP contribution in [-0.4, -0.2) is 15.8 Å². The molecule has 0 fully saturated rings. The van der Waals surface area contributed by atoms with E-state index in [-0.39, 0.29) is 30.9 Å². The minimum absolute atomic E-state index is 0.0166. The van der Waals surface area contributed by atoms with E-state index in [1.54, 1.807) is 6.07 Å². The number of nitrogens with zero attached hydrogens (tertiary/aromatic N) is 2. The van der Waals surface area contributed by atoms with Crippen LogP contribution in [0.2, 0.25) is 0 Å². The zero-order valence-electron chi connectivity index (χ0n) is 29.4. The maximum absolute atomic E-state index is 9.33. The van der Waals surface area contributed by atoms with E-state index in [1.165, 1.54) is 60.2 Å². The zero-order valence-corrected chi connectivity index (χ0v) is 25.4. The first kappa shape index (κ1) is 21.2. The molecular weight excluding hydrogens is 555 g/mol. The Hall–Kier alpha value is -5.54. The molecule has 0 atom stereocenters. The monoisotopic (exact) mass is 588 g/mol. The Kier molecular flexibility index (Phi) is 3.87. The molecule has 2 aliphatic heterocycles. The van der Waals surface area contributed by atoms with Crippen LogP contribution in [0.4, 0.5) is 0 Å². The van der Waals surface area contributed by atoms with Crippen molar-refractivity contribution in [2.45, 2.75) is 13.8 Å². The minimum atomic E-state index is -0.522. The van der Waals surface area contributed by atoms with Gasteiger partial charge in [-0.3, -0.25) is 0 Å². The molecule has 8 aromatic rings. The van der Waals surface area contributed by atoms with Gasteiger partial charge in [0.25, 0.3) is 0 Å². The maximum Gasteiger partial charge on any atom is 0.248 e. The number of aromatic nitrogens is 2. The average Bonchev–Trinajstić information content (AvgIpc) is 3.74. The van der Waals surface area contributed by atoms with Gasteiger partial charge < -0.3 is 9.13 Å². The van der Waals surface area contributed by atoms with Gasteiger partial charge in [0.1, 0.15) is 0 Å². The Morgan fingerprint density at radius 1 is 0.609 bits per heavy atom. The highest BCUT2D eigenvalue weighted by atomic mass is 15.0. The van der Waals surface area contributed by atoms with Crippen LogP contribution >= 0.6 is 0 Å². The van der Waals surface area contributed by atoms with Crippen LogP contribution in [-0.2, 0) is 0 Å². The van der Waals surface area contributed by atoms with Crippen LogP contribution < -0.4 is 10.9 Å². The number of hydrogen-bond donors (Lipinski definition) is 0. The molecule has 2 nitrogen and oxygen atoms in total. The van der Waals surface area contributed by atoms with Crippen LogP contribution in [0.5, 0.6) is 0 Å². The summed E-state index contributed by atoms with van der Waals surface area (Å²) in [5.41, 5.74) is 13.7. The molecule has 0 N–H and O–H groups in total. The topological polar surface area (TPSA) is 9.86 Å². The molecule has 0 unspecified atom stereocenters. The third kappa shape index (κ3) is 2.78. The van der Waals surface area contributed by atoms with Gasteiger partial charge >= 0.3 is 0 Å². The van der Waals surface area contributed by atoms with E-state index < -0.39 is 5.41 Å². The lowest BCUT2D eigenvalue weighted by atomic mass is 9.30. The zero-order chi connectivity index (χ0) is 33.8. The molecule has 4 heterocycles. The van der Waals surface area contributed by atoms with Gasteiger partial charge in [-0.2, -0.15) is 0 Å². The van der Waals surface area contributed by atoms with Gasteiger partial charge in [-0.15, -0.1) is 0 Å². The molecule has 46 heavy (non-hydrogen) atoms. The summed E-state index contributed by atoms with van der Waals surface area (Å²) in [7, 11) is 0. The largest absolute Gasteiger partial charge is 0.310 e. The van der Waals surface area contributed by atoms with E-state index in [1.807, 2.05) is 6.07 Å². The first-order valence-corrected chi connectivity index (χ1v) is 16.0. The van der Waals surface area contributed by atoms with Gasteiger partial charge in [0.2, 0.25) is 6.71 Å². The molecule has 3 aliphatic rings. The van der Waals surface area contributed by atoms with Gasteiger partial charge in [-0.25, -0.2) is 0 Å². The smallest absolute Gasteiger partial charge is 0.248 e. The molecule has 0 spiro atoms. The maximum atomic E-state index is 9.33. The van der Waals surface area contributed by atoms with Crippen molar-refractivity contribution in [1.82, 2.24) is 9.13 Å². The summed E-state index contributed by atoms with van der Waals surface area (Å²) < 4.78 is 40.3. The number of allylic oxidation sites excluding steroid dienone is 4. The molecule has 0 saturated heterocycles. The fourth-order valence-corrected chi connectivity index (χ4v) is 9.27. The highest BCUT2D eigenvalue weighted by molar-refractivity contribution is 6.97. The average molecular weight is 589 g/mol. The lowest BCUT2D eigenvalue weighted by molar-refractivity contribution is 0.641. The number of rotatable bonds is 2. The Labute approximate surface area is 273 Å². The van der Waals surface area contributed by atoms with Crippen LogP contribution in [0, 0.1) is 5.41 Å². The highest BCUT2D eigenvalue weighted by Crippen LogP contribution is 2.60. The standard InChI is InChI=1S/C43H29BN2/c1-43(2)37(27-17-7-4-8-18-27)36(26-15-5-3-6-16-26)41-42(43)44-32-21-11-14-24-35(32)45-33-22-12-9-19-28(33)30-25-31-29-20-10-13-23-34(29)46(41)40(31)38(44)39(30)45/h3-25H,1-2H3/i3D,5D,6D,15D. The van der Waals surface area contributed by atoms with Crippen molar-refractivity contribution < 1.29 is 5.48 Å². The third-order valence-electron chi connectivity index (χ3n) is 10.8.